The third-order valence-electron chi connectivity index (χ3n) is 5.21. The average Bonchev–Trinajstić information content (AvgIpc) is 2.87. The van der Waals surface area contributed by atoms with Crippen LogP contribution in [0.1, 0.15) is 21.5 Å². The third-order valence-corrected chi connectivity index (χ3v) is 5.21. The zero-order valence-electron chi connectivity index (χ0n) is 19.3. The molecule has 4 aromatic rings. The normalized spacial score (nSPS) is 11.6. The summed E-state index contributed by atoms with van der Waals surface area (Å²) >= 11 is 0. The standard InChI is InChI=1S/C26H18F6N4O2/c27-25(28,29)21-7-2-1-4-18(21)14-33-24(37)17-6-3-5-16(12-17)22-13-23(35-15-34-22)36-19-8-10-20(11-9-19)38-26(30,31)32/h1-13,15H,14H2,(H,33,37)(H,34,35,36). The number of anilines is 2. The van der Waals surface area contributed by atoms with Crippen molar-refractivity contribution in [3.63, 3.8) is 0 Å². The highest BCUT2D eigenvalue weighted by Crippen LogP contribution is 2.32. The molecule has 0 saturated heterocycles. The molecule has 0 radical (unpaired) electrons. The zero-order chi connectivity index (χ0) is 27.3. The first kappa shape index (κ1) is 26.5. The van der Waals surface area contributed by atoms with E-state index in [1.807, 2.05) is 0 Å². The predicted molar refractivity (Wildman–Crippen MR) is 126 cm³/mol. The second kappa shape index (κ2) is 10.8. The van der Waals surface area contributed by atoms with E-state index >= 15 is 0 Å². The molecule has 0 unspecified atom stereocenters. The average molecular weight is 532 g/mol. The first-order valence-corrected chi connectivity index (χ1v) is 11.0. The predicted octanol–water partition coefficient (Wildman–Crippen LogP) is 6.73. The summed E-state index contributed by atoms with van der Waals surface area (Å²) in [5, 5.41) is 5.44. The molecule has 38 heavy (non-hydrogen) atoms. The molecular weight excluding hydrogens is 514 g/mol. The maximum absolute atomic E-state index is 13.2. The molecule has 12 heteroatoms. The van der Waals surface area contributed by atoms with Gasteiger partial charge in [-0.25, -0.2) is 9.97 Å². The molecule has 2 N–H and O–H groups in total. The van der Waals surface area contributed by atoms with E-state index in [9.17, 15) is 31.1 Å². The first-order chi connectivity index (χ1) is 18.0. The molecule has 0 spiro atoms. The van der Waals surface area contributed by atoms with E-state index in [1.165, 1.54) is 48.8 Å². The number of nitrogens with one attached hydrogen (secondary N) is 2. The number of carbonyl (C=O) groups excluding carboxylic acids is 1. The molecular formula is C26H18F6N4O2. The van der Waals surface area contributed by atoms with Crippen LogP contribution >= 0.6 is 0 Å². The number of benzene rings is 3. The summed E-state index contributed by atoms with van der Waals surface area (Å²) in [6, 6.07) is 17.9. The van der Waals surface area contributed by atoms with Crippen LogP contribution in [0.3, 0.4) is 0 Å². The van der Waals surface area contributed by atoms with Crippen LogP contribution in [0.25, 0.3) is 11.3 Å². The Bertz CT molecular complexity index is 1420. The van der Waals surface area contributed by atoms with Crippen LogP contribution in [0, 0.1) is 0 Å². The molecule has 0 aliphatic heterocycles. The van der Waals surface area contributed by atoms with Crippen LogP contribution in [0.4, 0.5) is 37.8 Å². The fourth-order valence-corrected chi connectivity index (χ4v) is 3.52. The Morgan fingerprint density at radius 1 is 0.842 bits per heavy atom. The van der Waals surface area contributed by atoms with Gasteiger partial charge in [-0.3, -0.25) is 4.79 Å². The number of hydrogen-bond donors (Lipinski definition) is 2. The monoisotopic (exact) mass is 532 g/mol. The number of ether oxygens (including phenoxy) is 1. The van der Waals surface area contributed by atoms with Crippen molar-refractivity contribution in [1.29, 1.82) is 0 Å². The van der Waals surface area contributed by atoms with Crippen LogP contribution in [-0.2, 0) is 12.7 Å². The van der Waals surface area contributed by atoms with Gasteiger partial charge in [-0.05, 0) is 48.0 Å². The second-order valence-electron chi connectivity index (χ2n) is 7.90. The molecule has 3 aromatic carbocycles. The quantitative estimate of drug-likeness (QED) is 0.258. The third kappa shape index (κ3) is 6.99. The second-order valence-corrected chi connectivity index (χ2v) is 7.90. The van der Waals surface area contributed by atoms with Gasteiger partial charge in [0.2, 0.25) is 0 Å². The van der Waals surface area contributed by atoms with Crippen molar-refractivity contribution in [2.75, 3.05) is 5.32 Å². The van der Waals surface area contributed by atoms with Gasteiger partial charge in [0.15, 0.2) is 0 Å². The number of aromatic nitrogens is 2. The van der Waals surface area contributed by atoms with Gasteiger partial charge in [-0.2, -0.15) is 13.2 Å². The highest BCUT2D eigenvalue weighted by atomic mass is 19.4. The molecule has 0 saturated carbocycles. The number of nitrogens with zero attached hydrogens (tertiary/aromatic N) is 2. The number of rotatable bonds is 7. The molecule has 6 nitrogen and oxygen atoms in total. The summed E-state index contributed by atoms with van der Waals surface area (Å²) < 4.78 is 80.5. The SMILES string of the molecule is O=C(NCc1ccccc1C(F)(F)F)c1cccc(-c2cc(Nc3ccc(OC(F)(F)F)cc3)ncn2)c1. The van der Waals surface area contributed by atoms with E-state index in [2.05, 4.69) is 25.3 Å². The van der Waals surface area contributed by atoms with Crippen LogP contribution in [0.2, 0.25) is 0 Å². The Balaban J connectivity index is 1.45. The van der Waals surface area contributed by atoms with E-state index < -0.39 is 24.0 Å². The fraction of sp³-hybridized carbons (Fsp3) is 0.115. The van der Waals surface area contributed by atoms with Crippen molar-refractivity contribution in [3.8, 4) is 17.0 Å². The fourth-order valence-electron chi connectivity index (χ4n) is 3.52. The number of carbonyl (C=O) groups is 1. The smallest absolute Gasteiger partial charge is 0.406 e. The Labute approximate surface area is 212 Å². The van der Waals surface area contributed by atoms with Gasteiger partial charge in [-0.15, -0.1) is 13.2 Å². The van der Waals surface area contributed by atoms with Crippen LogP contribution in [0.15, 0.2) is 85.2 Å². The van der Waals surface area contributed by atoms with Gasteiger partial charge in [0.05, 0.1) is 11.3 Å². The minimum Gasteiger partial charge on any atom is -0.406 e. The van der Waals surface area contributed by atoms with Crippen molar-refractivity contribution in [1.82, 2.24) is 15.3 Å². The highest BCUT2D eigenvalue weighted by Gasteiger charge is 2.33. The zero-order valence-corrected chi connectivity index (χ0v) is 19.3. The van der Waals surface area contributed by atoms with Gasteiger partial charge in [0, 0.05) is 29.4 Å². The Kier molecular flexibility index (Phi) is 7.51. The van der Waals surface area contributed by atoms with Crippen molar-refractivity contribution >= 4 is 17.4 Å². The number of hydrogen-bond acceptors (Lipinski definition) is 5. The van der Waals surface area contributed by atoms with E-state index in [0.717, 1.165) is 18.2 Å². The minimum absolute atomic E-state index is 0.0611. The van der Waals surface area contributed by atoms with E-state index in [0.29, 0.717) is 22.8 Å². The Morgan fingerprint density at radius 3 is 2.29 bits per heavy atom. The van der Waals surface area contributed by atoms with Crippen molar-refractivity contribution in [2.45, 2.75) is 19.1 Å². The molecule has 1 heterocycles. The molecule has 1 aromatic heterocycles. The van der Waals surface area contributed by atoms with Crippen LogP contribution in [0.5, 0.6) is 5.75 Å². The highest BCUT2D eigenvalue weighted by molar-refractivity contribution is 5.95. The molecule has 0 aliphatic carbocycles. The largest absolute Gasteiger partial charge is 0.573 e. The molecule has 0 fully saturated rings. The lowest BCUT2D eigenvalue weighted by molar-refractivity contribution is -0.274. The summed E-state index contributed by atoms with van der Waals surface area (Å²) in [4.78, 5) is 20.9. The molecule has 0 aliphatic rings. The minimum atomic E-state index is -4.80. The molecule has 1 amide bonds. The maximum Gasteiger partial charge on any atom is 0.573 e. The number of halogens is 6. The van der Waals surface area contributed by atoms with Crippen molar-refractivity contribution in [3.05, 3.63) is 102 Å². The number of alkyl halides is 6. The topological polar surface area (TPSA) is 76.1 Å². The van der Waals surface area contributed by atoms with E-state index in [1.54, 1.807) is 18.2 Å². The van der Waals surface area contributed by atoms with Gasteiger partial charge < -0.3 is 15.4 Å². The first-order valence-electron chi connectivity index (χ1n) is 11.0. The molecule has 0 bridgehead atoms. The maximum atomic E-state index is 13.2. The van der Waals surface area contributed by atoms with Crippen molar-refractivity contribution in [2.24, 2.45) is 0 Å². The Hall–Kier alpha value is -4.61. The van der Waals surface area contributed by atoms with Crippen LogP contribution in [-0.4, -0.2) is 22.2 Å². The Morgan fingerprint density at radius 2 is 1.58 bits per heavy atom. The molecule has 4 rings (SSSR count). The van der Waals surface area contributed by atoms with Gasteiger partial charge in [0.25, 0.3) is 5.91 Å². The summed E-state index contributed by atoms with van der Waals surface area (Å²) in [5.74, 6) is -0.612. The molecule has 0 atom stereocenters. The summed E-state index contributed by atoms with van der Waals surface area (Å²) in [5.41, 5.74) is 0.729. The van der Waals surface area contributed by atoms with E-state index in [-0.39, 0.29) is 23.4 Å². The summed E-state index contributed by atoms with van der Waals surface area (Å²) in [6.45, 7) is -0.312. The summed E-state index contributed by atoms with van der Waals surface area (Å²) in [6.07, 6.45) is -8.08. The van der Waals surface area contributed by atoms with Crippen molar-refractivity contribution < 1.29 is 35.9 Å². The lowest BCUT2D eigenvalue weighted by Gasteiger charge is -2.13. The molecule has 196 valence electrons. The lowest BCUT2D eigenvalue weighted by atomic mass is 10.1. The lowest BCUT2D eigenvalue weighted by Crippen LogP contribution is -2.24. The van der Waals surface area contributed by atoms with Crippen LogP contribution < -0.4 is 15.4 Å². The van der Waals surface area contributed by atoms with Gasteiger partial charge in [-0.1, -0.05) is 30.3 Å². The van der Waals surface area contributed by atoms with Gasteiger partial charge >= 0.3 is 12.5 Å². The number of amides is 1. The van der Waals surface area contributed by atoms with E-state index in [4.69, 9.17) is 0 Å². The van der Waals surface area contributed by atoms with Gasteiger partial charge in [0.1, 0.15) is 17.9 Å². The summed E-state index contributed by atoms with van der Waals surface area (Å²) in [7, 11) is 0.